The summed E-state index contributed by atoms with van der Waals surface area (Å²) in [6, 6.07) is 33.7. The van der Waals surface area contributed by atoms with Crippen molar-refractivity contribution in [2.24, 2.45) is 0 Å². The van der Waals surface area contributed by atoms with Crippen LogP contribution in [0, 0.1) is 0 Å². The fourth-order valence-corrected chi connectivity index (χ4v) is 5.41. The lowest BCUT2D eigenvalue weighted by atomic mass is 9.78. The minimum absolute atomic E-state index is 0.0894. The molecule has 1 aliphatic heterocycles. The second-order valence-corrected chi connectivity index (χ2v) is 9.97. The zero-order valence-electron chi connectivity index (χ0n) is 20.3. The molecular formula is C32H27ClN2O2. The van der Waals surface area contributed by atoms with Gasteiger partial charge in [-0.3, -0.25) is 4.79 Å². The van der Waals surface area contributed by atoms with Crippen LogP contribution in [-0.4, -0.2) is 5.78 Å². The van der Waals surface area contributed by atoms with Crippen LogP contribution in [0.4, 0.5) is 11.4 Å². The second-order valence-electron chi connectivity index (χ2n) is 9.53. The molecule has 2 aliphatic rings. The molecule has 0 saturated carbocycles. The van der Waals surface area contributed by atoms with Gasteiger partial charge in [-0.1, -0.05) is 84.4 Å². The van der Waals surface area contributed by atoms with E-state index in [1.54, 1.807) is 0 Å². The molecule has 0 aromatic heterocycles. The van der Waals surface area contributed by atoms with E-state index in [-0.39, 0.29) is 17.7 Å². The summed E-state index contributed by atoms with van der Waals surface area (Å²) in [4.78, 5) is 13.9. The van der Waals surface area contributed by atoms with Crippen molar-refractivity contribution in [1.82, 2.24) is 0 Å². The molecule has 1 aliphatic carbocycles. The number of para-hydroxylation sites is 3. The number of benzene rings is 4. The number of nitrogens with one attached hydrogen (secondary N) is 2. The molecule has 4 nitrogen and oxygen atoms in total. The normalized spacial score (nSPS) is 18.7. The van der Waals surface area contributed by atoms with Crippen molar-refractivity contribution in [3.05, 3.63) is 136 Å². The Bertz CT molecular complexity index is 1460. The van der Waals surface area contributed by atoms with Crippen LogP contribution in [0.2, 0.25) is 5.02 Å². The topological polar surface area (TPSA) is 50.4 Å². The Morgan fingerprint density at radius 2 is 1.49 bits per heavy atom. The van der Waals surface area contributed by atoms with E-state index in [2.05, 4.69) is 28.8 Å². The number of rotatable bonds is 5. The molecule has 2 atom stereocenters. The number of allylic oxidation sites excluding steroid dienone is 1. The number of hydrogen-bond acceptors (Lipinski definition) is 4. The lowest BCUT2D eigenvalue weighted by Gasteiger charge is -2.30. The summed E-state index contributed by atoms with van der Waals surface area (Å²) in [5.74, 6) is 0.992. The maximum absolute atomic E-state index is 13.9. The zero-order chi connectivity index (χ0) is 25.2. The highest BCUT2D eigenvalue weighted by Gasteiger charge is 2.37. The van der Waals surface area contributed by atoms with Crippen molar-refractivity contribution >= 4 is 28.8 Å². The Morgan fingerprint density at radius 3 is 2.30 bits per heavy atom. The molecule has 4 aromatic rings. The van der Waals surface area contributed by atoms with E-state index in [0.29, 0.717) is 18.1 Å². The zero-order valence-corrected chi connectivity index (χ0v) is 21.0. The minimum atomic E-state index is -0.336. The number of carbonyl (C=O) groups excluding carboxylic acids is 1. The van der Waals surface area contributed by atoms with Crippen molar-refractivity contribution < 1.29 is 9.53 Å². The number of fused-ring (bicyclic) bond motifs is 1. The van der Waals surface area contributed by atoms with Gasteiger partial charge in [0, 0.05) is 28.3 Å². The Kier molecular flexibility index (Phi) is 6.42. The average Bonchev–Trinajstić information content (AvgIpc) is 3.10. The van der Waals surface area contributed by atoms with Crippen LogP contribution in [0.15, 0.2) is 114 Å². The Hall–Kier alpha value is -4.02. The lowest BCUT2D eigenvalue weighted by molar-refractivity contribution is -0.116. The van der Waals surface area contributed by atoms with Gasteiger partial charge in [-0.2, -0.15) is 0 Å². The van der Waals surface area contributed by atoms with Gasteiger partial charge in [0.15, 0.2) is 5.78 Å². The first-order valence-electron chi connectivity index (χ1n) is 12.6. The predicted molar refractivity (Wildman–Crippen MR) is 149 cm³/mol. The van der Waals surface area contributed by atoms with Gasteiger partial charge in [-0.05, 0) is 53.8 Å². The summed E-state index contributed by atoms with van der Waals surface area (Å²) in [5, 5.41) is 7.97. The monoisotopic (exact) mass is 506 g/mol. The van der Waals surface area contributed by atoms with Crippen LogP contribution in [0.25, 0.3) is 0 Å². The summed E-state index contributed by atoms with van der Waals surface area (Å²) < 4.78 is 6.32. The fourth-order valence-electron chi connectivity index (χ4n) is 5.28. The smallest absolute Gasteiger partial charge is 0.163 e. The molecule has 4 aromatic carbocycles. The quantitative estimate of drug-likeness (QED) is 0.289. The highest BCUT2D eigenvalue weighted by Crippen LogP contribution is 2.45. The summed E-state index contributed by atoms with van der Waals surface area (Å²) in [7, 11) is 0. The van der Waals surface area contributed by atoms with E-state index < -0.39 is 0 Å². The Morgan fingerprint density at radius 1 is 0.784 bits per heavy atom. The van der Waals surface area contributed by atoms with E-state index in [9.17, 15) is 4.79 Å². The van der Waals surface area contributed by atoms with E-state index in [1.165, 1.54) is 0 Å². The number of halogens is 1. The van der Waals surface area contributed by atoms with Crippen molar-refractivity contribution in [2.75, 3.05) is 10.6 Å². The Labute approximate surface area is 221 Å². The summed E-state index contributed by atoms with van der Waals surface area (Å²) in [6.45, 7) is 0.456. The van der Waals surface area contributed by atoms with Gasteiger partial charge in [-0.15, -0.1) is 0 Å². The molecule has 0 amide bonds. The molecule has 37 heavy (non-hydrogen) atoms. The first-order valence-corrected chi connectivity index (χ1v) is 12.9. The largest absolute Gasteiger partial charge is 0.489 e. The maximum Gasteiger partial charge on any atom is 0.163 e. The molecule has 0 bridgehead atoms. The van der Waals surface area contributed by atoms with E-state index in [4.69, 9.17) is 16.3 Å². The van der Waals surface area contributed by atoms with Gasteiger partial charge < -0.3 is 15.4 Å². The summed E-state index contributed by atoms with van der Waals surface area (Å²) >= 11 is 6.13. The third-order valence-corrected chi connectivity index (χ3v) is 7.37. The van der Waals surface area contributed by atoms with Gasteiger partial charge in [0.05, 0.1) is 17.4 Å². The maximum atomic E-state index is 13.9. The summed E-state index contributed by atoms with van der Waals surface area (Å²) in [5.41, 5.74) is 6.81. The van der Waals surface area contributed by atoms with Gasteiger partial charge >= 0.3 is 0 Å². The van der Waals surface area contributed by atoms with Crippen molar-refractivity contribution in [3.8, 4) is 5.75 Å². The highest BCUT2D eigenvalue weighted by molar-refractivity contribution is 6.30. The van der Waals surface area contributed by atoms with Gasteiger partial charge in [0.2, 0.25) is 0 Å². The Balaban J connectivity index is 1.40. The van der Waals surface area contributed by atoms with Gasteiger partial charge in [0.1, 0.15) is 12.4 Å². The van der Waals surface area contributed by atoms with Gasteiger partial charge in [-0.25, -0.2) is 0 Å². The number of Topliss-reactive ketones (excluding diaryl/α,β-unsaturated/α-hetero) is 1. The number of hydrogen-bond donors (Lipinski definition) is 2. The predicted octanol–water partition coefficient (Wildman–Crippen LogP) is 7.90. The molecule has 0 saturated heterocycles. The lowest BCUT2D eigenvalue weighted by Crippen LogP contribution is -2.27. The fraction of sp³-hybridized carbons (Fsp3) is 0.156. The van der Waals surface area contributed by atoms with E-state index in [0.717, 1.165) is 51.5 Å². The van der Waals surface area contributed by atoms with Crippen LogP contribution in [-0.2, 0) is 11.4 Å². The molecule has 2 N–H and O–H groups in total. The standard InChI is InChI=1S/C32H27ClN2O2/c33-24-16-14-22(15-17-24)23-18-28-31(29(36)19-23)32(35-27-12-6-5-11-26(27)34-28)25-10-4-7-13-30(25)37-20-21-8-2-1-3-9-21/h1-17,23,32,34-35H,18-20H2/t23-,32+/m1/s1. The minimum Gasteiger partial charge on any atom is -0.489 e. The van der Waals surface area contributed by atoms with Crippen LogP contribution < -0.4 is 15.4 Å². The van der Waals surface area contributed by atoms with Crippen molar-refractivity contribution in [3.63, 3.8) is 0 Å². The first-order chi connectivity index (χ1) is 18.2. The van der Waals surface area contributed by atoms with E-state index in [1.807, 2.05) is 84.9 Å². The molecule has 5 heteroatoms. The molecule has 184 valence electrons. The average molecular weight is 507 g/mol. The van der Waals surface area contributed by atoms with Gasteiger partial charge in [0.25, 0.3) is 0 Å². The molecule has 0 unspecified atom stereocenters. The van der Waals surface area contributed by atoms with Crippen LogP contribution in [0.1, 0.15) is 41.5 Å². The van der Waals surface area contributed by atoms with Crippen molar-refractivity contribution in [1.29, 1.82) is 0 Å². The summed E-state index contributed by atoms with van der Waals surface area (Å²) in [6.07, 6.45) is 1.19. The van der Waals surface area contributed by atoms with E-state index >= 15 is 0 Å². The molecular weight excluding hydrogens is 480 g/mol. The van der Waals surface area contributed by atoms with Crippen LogP contribution in [0.5, 0.6) is 5.75 Å². The van der Waals surface area contributed by atoms with Crippen LogP contribution >= 0.6 is 11.6 Å². The molecule has 0 radical (unpaired) electrons. The second kappa shape index (κ2) is 10.2. The first kappa shape index (κ1) is 23.4. The van der Waals surface area contributed by atoms with Crippen LogP contribution in [0.3, 0.4) is 0 Å². The third kappa shape index (κ3) is 4.85. The number of anilines is 2. The molecule has 0 spiro atoms. The molecule has 0 fully saturated rings. The molecule has 6 rings (SSSR count). The SMILES string of the molecule is O=C1C[C@H](c2ccc(Cl)cc2)CC2=C1[C@H](c1ccccc1OCc1ccccc1)Nc1ccccc1N2. The number of carbonyl (C=O) groups is 1. The number of ketones is 1. The highest BCUT2D eigenvalue weighted by atomic mass is 35.5. The van der Waals surface area contributed by atoms with Crippen molar-refractivity contribution in [2.45, 2.75) is 31.4 Å². The third-order valence-electron chi connectivity index (χ3n) is 7.12. The molecule has 1 heterocycles. The number of ether oxygens (including phenoxy) is 1.